The van der Waals surface area contributed by atoms with Crippen molar-refractivity contribution in [3.8, 4) is 11.8 Å². The molecule has 2 aromatic rings. The van der Waals surface area contributed by atoms with E-state index in [4.69, 9.17) is 4.84 Å². The molecule has 1 atom stereocenters. The molecule has 1 heterocycles. The minimum atomic E-state index is -0.280. The number of carbonyl (C=O) groups excluding carboxylic acids is 1. The Morgan fingerprint density at radius 2 is 1.71 bits per heavy atom. The van der Waals surface area contributed by atoms with Crippen LogP contribution in [0.4, 0.5) is 0 Å². The Kier molecular flexibility index (Phi) is 3.79. The topological polar surface area (TPSA) is 38.7 Å². The number of hydrogen-bond acceptors (Lipinski definition) is 3. The summed E-state index contributed by atoms with van der Waals surface area (Å²) in [5.41, 5.74) is 2.21. The molecule has 0 N–H and O–H groups in total. The number of hydrogen-bond donors (Lipinski definition) is 0. The Balaban J connectivity index is 1.67. The number of rotatable bonds is 2. The second-order valence-electron chi connectivity index (χ2n) is 4.69. The molecule has 1 aliphatic rings. The highest BCUT2D eigenvalue weighted by atomic mass is 16.6. The van der Waals surface area contributed by atoms with Crippen LogP contribution < -0.4 is 0 Å². The van der Waals surface area contributed by atoms with Crippen LogP contribution in [0.3, 0.4) is 0 Å². The molecule has 3 heteroatoms. The lowest BCUT2D eigenvalue weighted by Crippen LogP contribution is -2.10. The first-order valence-corrected chi connectivity index (χ1v) is 6.72. The molecule has 0 radical (unpaired) electrons. The van der Waals surface area contributed by atoms with Gasteiger partial charge in [0.1, 0.15) is 5.71 Å². The molecule has 3 nitrogen and oxygen atoms in total. The summed E-state index contributed by atoms with van der Waals surface area (Å²) < 4.78 is 0. The van der Waals surface area contributed by atoms with Gasteiger partial charge in [-0.05, 0) is 23.6 Å². The molecule has 3 rings (SSSR count). The quantitative estimate of drug-likeness (QED) is 0.790. The molecule has 0 aliphatic carbocycles. The second kappa shape index (κ2) is 6.06. The van der Waals surface area contributed by atoms with E-state index in [9.17, 15) is 4.79 Å². The van der Waals surface area contributed by atoms with E-state index in [1.807, 2.05) is 60.7 Å². The van der Waals surface area contributed by atoms with E-state index in [0.717, 1.165) is 11.1 Å². The standard InChI is InChI=1S/C18H13NO2/c20-17(12-11-14-7-3-1-4-8-14)16-13-18(21-19-16)15-9-5-2-6-10-15/h1-10,18H,13H2. The highest BCUT2D eigenvalue weighted by Crippen LogP contribution is 2.26. The predicted octanol–water partition coefficient (Wildman–Crippen LogP) is 3.12. The Hall–Kier alpha value is -2.86. The van der Waals surface area contributed by atoms with Crippen molar-refractivity contribution in [1.29, 1.82) is 0 Å². The zero-order valence-corrected chi connectivity index (χ0v) is 11.3. The summed E-state index contributed by atoms with van der Waals surface area (Å²) in [6.45, 7) is 0. The Bertz CT molecular complexity index is 724. The third-order valence-electron chi connectivity index (χ3n) is 3.20. The predicted molar refractivity (Wildman–Crippen MR) is 80.6 cm³/mol. The highest BCUT2D eigenvalue weighted by Gasteiger charge is 2.26. The van der Waals surface area contributed by atoms with E-state index in [-0.39, 0.29) is 11.9 Å². The molecular weight excluding hydrogens is 262 g/mol. The minimum Gasteiger partial charge on any atom is -0.387 e. The van der Waals surface area contributed by atoms with E-state index >= 15 is 0 Å². The molecule has 0 spiro atoms. The Labute approximate surface area is 123 Å². The van der Waals surface area contributed by atoms with Gasteiger partial charge in [-0.15, -0.1) is 0 Å². The average Bonchev–Trinajstić information content (AvgIpc) is 3.04. The normalized spacial score (nSPS) is 16.4. The molecule has 1 aliphatic heterocycles. The van der Waals surface area contributed by atoms with Crippen LogP contribution in [0, 0.1) is 11.8 Å². The van der Waals surface area contributed by atoms with Crippen LogP contribution in [0.1, 0.15) is 23.7 Å². The first-order chi connectivity index (χ1) is 10.3. The maximum absolute atomic E-state index is 12.0. The molecule has 102 valence electrons. The van der Waals surface area contributed by atoms with Crippen molar-refractivity contribution >= 4 is 11.5 Å². The van der Waals surface area contributed by atoms with Gasteiger partial charge in [0.25, 0.3) is 5.78 Å². The SMILES string of the molecule is O=C(C#Cc1ccccc1)C1=NOC(c2ccccc2)C1. The molecule has 21 heavy (non-hydrogen) atoms. The fourth-order valence-corrected chi connectivity index (χ4v) is 2.08. The summed E-state index contributed by atoms with van der Waals surface area (Å²) in [7, 11) is 0. The van der Waals surface area contributed by atoms with E-state index in [1.165, 1.54) is 0 Å². The van der Waals surface area contributed by atoms with Crippen molar-refractivity contribution in [3.05, 3.63) is 71.8 Å². The number of Topliss-reactive ketones (excluding diaryl/α,β-unsaturated/α-hetero) is 1. The van der Waals surface area contributed by atoms with E-state index in [2.05, 4.69) is 17.0 Å². The second-order valence-corrected chi connectivity index (χ2v) is 4.69. The summed E-state index contributed by atoms with van der Waals surface area (Å²) >= 11 is 0. The lowest BCUT2D eigenvalue weighted by Gasteiger charge is -2.06. The first-order valence-electron chi connectivity index (χ1n) is 6.72. The molecule has 0 aromatic heterocycles. The average molecular weight is 275 g/mol. The summed E-state index contributed by atoms with van der Waals surface area (Å²) in [6, 6.07) is 19.1. The summed E-state index contributed by atoms with van der Waals surface area (Å²) in [5, 5.41) is 3.87. The number of carbonyl (C=O) groups is 1. The molecule has 0 saturated carbocycles. The van der Waals surface area contributed by atoms with Crippen LogP contribution in [0.5, 0.6) is 0 Å². The van der Waals surface area contributed by atoms with Crippen molar-refractivity contribution in [1.82, 2.24) is 0 Å². The smallest absolute Gasteiger partial charge is 0.253 e. The van der Waals surface area contributed by atoms with Gasteiger partial charge in [0.2, 0.25) is 0 Å². The largest absolute Gasteiger partial charge is 0.387 e. The maximum atomic E-state index is 12.0. The summed E-state index contributed by atoms with van der Waals surface area (Å²) in [6.07, 6.45) is 0.274. The fraction of sp³-hybridized carbons (Fsp3) is 0.111. The van der Waals surface area contributed by atoms with Crippen molar-refractivity contribution in [2.75, 3.05) is 0 Å². The first kappa shape index (κ1) is 13.1. The van der Waals surface area contributed by atoms with Crippen molar-refractivity contribution in [2.45, 2.75) is 12.5 Å². The van der Waals surface area contributed by atoms with Gasteiger partial charge in [-0.1, -0.05) is 59.6 Å². The van der Waals surface area contributed by atoms with Gasteiger partial charge in [-0.25, -0.2) is 0 Å². The van der Waals surface area contributed by atoms with Crippen LogP contribution in [0.2, 0.25) is 0 Å². The van der Waals surface area contributed by atoms with E-state index in [1.54, 1.807) is 0 Å². The van der Waals surface area contributed by atoms with Crippen molar-refractivity contribution in [2.24, 2.45) is 5.16 Å². The lowest BCUT2D eigenvalue weighted by atomic mass is 10.0. The third kappa shape index (κ3) is 3.18. The zero-order chi connectivity index (χ0) is 14.5. The fourth-order valence-electron chi connectivity index (χ4n) is 2.08. The molecular formula is C18H13NO2. The van der Waals surface area contributed by atoms with Crippen LogP contribution in [0.15, 0.2) is 65.8 Å². The van der Waals surface area contributed by atoms with Gasteiger partial charge < -0.3 is 4.84 Å². The Morgan fingerprint density at radius 3 is 2.43 bits per heavy atom. The molecule has 0 bridgehead atoms. The van der Waals surface area contributed by atoms with Gasteiger partial charge in [-0.2, -0.15) is 0 Å². The van der Waals surface area contributed by atoms with Crippen LogP contribution in [-0.4, -0.2) is 11.5 Å². The summed E-state index contributed by atoms with van der Waals surface area (Å²) in [4.78, 5) is 17.3. The number of ketones is 1. The van der Waals surface area contributed by atoms with E-state index in [0.29, 0.717) is 12.1 Å². The lowest BCUT2D eigenvalue weighted by molar-refractivity contribution is -0.108. The van der Waals surface area contributed by atoms with Gasteiger partial charge in [0, 0.05) is 12.0 Å². The van der Waals surface area contributed by atoms with Crippen LogP contribution in [0.25, 0.3) is 0 Å². The molecule has 0 amide bonds. The highest BCUT2D eigenvalue weighted by molar-refractivity contribution is 6.46. The van der Waals surface area contributed by atoms with E-state index < -0.39 is 0 Å². The van der Waals surface area contributed by atoms with Gasteiger partial charge in [0.15, 0.2) is 6.10 Å². The van der Waals surface area contributed by atoms with Gasteiger partial charge in [-0.3, -0.25) is 4.79 Å². The van der Waals surface area contributed by atoms with Gasteiger partial charge >= 0.3 is 0 Å². The third-order valence-corrected chi connectivity index (χ3v) is 3.20. The zero-order valence-electron chi connectivity index (χ0n) is 11.3. The monoisotopic (exact) mass is 275 g/mol. The van der Waals surface area contributed by atoms with Crippen molar-refractivity contribution in [3.63, 3.8) is 0 Å². The number of oxime groups is 1. The number of nitrogens with zero attached hydrogens (tertiary/aromatic N) is 1. The maximum Gasteiger partial charge on any atom is 0.253 e. The van der Waals surface area contributed by atoms with Crippen molar-refractivity contribution < 1.29 is 9.63 Å². The molecule has 2 aromatic carbocycles. The summed E-state index contributed by atoms with van der Waals surface area (Å²) in [5.74, 6) is 5.17. The molecule has 0 saturated heterocycles. The van der Waals surface area contributed by atoms with Gasteiger partial charge in [0.05, 0.1) is 0 Å². The van der Waals surface area contributed by atoms with Crippen LogP contribution >= 0.6 is 0 Å². The van der Waals surface area contributed by atoms with Crippen LogP contribution in [-0.2, 0) is 9.63 Å². The molecule has 0 fully saturated rings. The molecule has 1 unspecified atom stereocenters. The number of benzene rings is 2. The minimum absolute atomic E-state index is 0.191. The Morgan fingerprint density at radius 1 is 1.05 bits per heavy atom.